The lowest BCUT2D eigenvalue weighted by Crippen LogP contribution is -2.47. The predicted molar refractivity (Wildman–Crippen MR) is 160 cm³/mol. The number of aromatic carboxylic acids is 1. The van der Waals surface area contributed by atoms with Crippen LogP contribution in [-0.2, 0) is 6.54 Å². The standard InChI is InChI=1S/C32H33F3N4O4/c1-4-36(5-2)18-20-6-9-22(10-7-20)39-19-24(32(41)42)30(40)23-17-26(35)29(31(43-3)28(23)39)38-14-12-37(13-15-38)27-11-8-21(33)16-25(27)34/h6-11,16-17,19H,4-5,12-15,18H2,1-3H3,(H,41,42). The van der Waals surface area contributed by atoms with Crippen molar-refractivity contribution in [3.63, 3.8) is 0 Å². The highest BCUT2D eigenvalue weighted by Crippen LogP contribution is 2.40. The zero-order valence-corrected chi connectivity index (χ0v) is 24.2. The number of anilines is 2. The third-order valence-corrected chi connectivity index (χ3v) is 7.97. The molecule has 1 N–H and O–H groups in total. The summed E-state index contributed by atoms with van der Waals surface area (Å²) in [6, 6.07) is 12.0. The predicted octanol–water partition coefficient (Wildman–Crippen LogP) is 5.28. The topological polar surface area (TPSA) is 78.2 Å². The Labute approximate surface area is 247 Å². The van der Waals surface area contributed by atoms with Crippen molar-refractivity contribution in [2.75, 3.05) is 56.2 Å². The summed E-state index contributed by atoms with van der Waals surface area (Å²) in [5.41, 5.74) is 0.919. The third-order valence-electron chi connectivity index (χ3n) is 7.97. The summed E-state index contributed by atoms with van der Waals surface area (Å²) in [6.45, 7) is 7.91. The number of carboxylic acids is 1. The first kappa shape index (κ1) is 30.0. The van der Waals surface area contributed by atoms with Gasteiger partial charge in [-0.15, -0.1) is 0 Å². The van der Waals surface area contributed by atoms with Crippen molar-refractivity contribution < 1.29 is 27.8 Å². The molecule has 1 fully saturated rings. The number of nitrogens with zero attached hydrogens (tertiary/aromatic N) is 4. The van der Waals surface area contributed by atoms with E-state index in [2.05, 4.69) is 18.7 Å². The summed E-state index contributed by atoms with van der Waals surface area (Å²) < 4.78 is 51.0. The van der Waals surface area contributed by atoms with E-state index in [4.69, 9.17) is 4.74 Å². The fourth-order valence-corrected chi connectivity index (χ4v) is 5.64. The molecule has 0 bridgehead atoms. The molecule has 5 rings (SSSR count). The Morgan fingerprint density at radius 3 is 2.16 bits per heavy atom. The van der Waals surface area contributed by atoms with Crippen molar-refractivity contribution in [3.05, 3.63) is 93.5 Å². The van der Waals surface area contributed by atoms with Gasteiger partial charge in [0.2, 0.25) is 5.43 Å². The van der Waals surface area contributed by atoms with Crippen LogP contribution in [0.15, 0.2) is 59.5 Å². The van der Waals surface area contributed by atoms with E-state index >= 15 is 4.39 Å². The van der Waals surface area contributed by atoms with Gasteiger partial charge in [0.15, 0.2) is 11.6 Å². The highest BCUT2D eigenvalue weighted by molar-refractivity contribution is 5.97. The van der Waals surface area contributed by atoms with E-state index < -0.39 is 34.4 Å². The van der Waals surface area contributed by atoms with Gasteiger partial charge in [0.05, 0.1) is 18.2 Å². The molecule has 4 aromatic rings. The van der Waals surface area contributed by atoms with Crippen molar-refractivity contribution in [1.29, 1.82) is 0 Å². The second kappa shape index (κ2) is 12.4. The van der Waals surface area contributed by atoms with Crippen LogP contribution in [0.5, 0.6) is 5.75 Å². The zero-order chi connectivity index (χ0) is 30.8. The first-order chi connectivity index (χ1) is 20.7. The number of ether oxygens (including phenoxy) is 1. The molecule has 226 valence electrons. The lowest BCUT2D eigenvalue weighted by molar-refractivity contribution is 0.0695. The van der Waals surface area contributed by atoms with Crippen LogP contribution in [0.2, 0.25) is 0 Å². The van der Waals surface area contributed by atoms with Crippen molar-refractivity contribution >= 4 is 28.2 Å². The number of aromatic nitrogens is 1. The Morgan fingerprint density at radius 1 is 0.930 bits per heavy atom. The Bertz CT molecular complexity index is 1710. The van der Waals surface area contributed by atoms with Crippen LogP contribution in [0.1, 0.15) is 29.8 Å². The Balaban J connectivity index is 1.59. The Hall–Kier alpha value is -4.51. The molecule has 1 aliphatic rings. The molecule has 8 nitrogen and oxygen atoms in total. The van der Waals surface area contributed by atoms with Gasteiger partial charge in [0.1, 0.15) is 28.4 Å². The molecule has 1 saturated heterocycles. The highest BCUT2D eigenvalue weighted by atomic mass is 19.1. The maximum absolute atomic E-state index is 15.8. The minimum atomic E-state index is -1.42. The van der Waals surface area contributed by atoms with Crippen LogP contribution in [0.4, 0.5) is 24.5 Å². The molecule has 0 radical (unpaired) electrons. The number of methoxy groups -OCH3 is 1. The Morgan fingerprint density at radius 2 is 1.58 bits per heavy atom. The van der Waals surface area contributed by atoms with Gasteiger partial charge in [-0.1, -0.05) is 26.0 Å². The van der Waals surface area contributed by atoms with Gasteiger partial charge in [-0.2, -0.15) is 0 Å². The van der Waals surface area contributed by atoms with E-state index in [1.165, 1.54) is 25.4 Å². The minimum Gasteiger partial charge on any atom is -0.492 e. The molecule has 2 heterocycles. The summed E-state index contributed by atoms with van der Waals surface area (Å²) in [7, 11) is 1.37. The largest absolute Gasteiger partial charge is 0.492 e. The fourth-order valence-electron chi connectivity index (χ4n) is 5.64. The summed E-state index contributed by atoms with van der Waals surface area (Å²) in [6.07, 6.45) is 1.24. The first-order valence-corrected chi connectivity index (χ1v) is 14.1. The zero-order valence-electron chi connectivity index (χ0n) is 24.2. The van der Waals surface area contributed by atoms with Gasteiger partial charge >= 0.3 is 5.97 Å². The summed E-state index contributed by atoms with van der Waals surface area (Å²) in [4.78, 5) is 31.0. The molecule has 0 saturated carbocycles. The monoisotopic (exact) mass is 594 g/mol. The molecule has 0 aliphatic carbocycles. The summed E-state index contributed by atoms with van der Waals surface area (Å²) >= 11 is 0. The van der Waals surface area contributed by atoms with Crippen molar-refractivity contribution in [2.24, 2.45) is 0 Å². The van der Waals surface area contributed by atoms with Gasteiger partial charge in [0.25, 0.3) is 0 Å². The first-order valence-electron chi connectivity index (χ1n) is 14.1. The van der Waals surface area contributed by atoms with Gasteiger partial charge in [0, 0.05) is 50.7 Å². The molecule has 0 spiro atoms. The van der Waals surface area contributed by atoms with E-state index in [0.29, 0.717) is 18.8 Å². The number of rotatable bonds is 9. The van der Waals surface area contributed by atoms with Gasteiger partial charge < -0.3 is 24.2 Å². The van der Waals surface area contributed by atoms with Gasteiger partial charge in [-0.05, 0) is 49.0 Å². The molecule has 0 unspecified atom stereocenters. The second-order valence-electron chi connectivity index (χ2n) is 10.4. The Kier molecular flexibility index (Phi) is 8.63. The summed E-state index contributed by atoms with van der Waals surface area (Å²) in [5.74, 6) is -3.43. The smallest absolute Gasteiger partial charge is 0.341 e. The van der Waals surface area contributed by atoms with E-state index in [9.17, 15) is 23.5 Å². The van der Waals surface area contributed by atoms with Crippen LogP contribution >= 0.6 is 0 Å². The quantitative estimate of drug-likeness (QED) is 0.283. The number of carboxylic acid groups (broad SMARTS) is 1. The molecular formula is C32H33F3N4O4. The summed E-state index contributed by atoms with van der Waals surface area (Å²) in [5, 5.41) is 9.67. The number of hydrogen-bond donors (Lipinski definition) is 1. The van der Waals surface area contributed by atoms with Crippen LogP contribution in [0, 0.1) is 17.5 Å². The lowest BCUT2D eigenvalue weighted by Gasteiger charge is -2.38. The molecule has 11 heteroatoms. The minimum absolute atomic E-state index is 0.0812. The fraction of sp³-hybridized carbons (Fsp3) is 0.312. The number of pyridine rings is 1. The van der Waals surface area contributed by atoms with Crippen LogP contribution in [-0.4, -0.2) is 66.9 Å². The second-order valence-corrected chi connectivity index (χ2v) is 10.4. The number of hydrogen-bond acceptors (Lipinski definition) is 6. The van der Waals surface area contributed by atoms with Crippen LogP contribution in [0.3, 0.4) is 0 Å². The van der Waals surface area contributed by atoms with Crippen molar-refractivity contribution in [2.45, 2.75) is 20.4 Å². The average Bonchev–Trinajstić information content (AvgIpc) is 3.00. The van der Waals surface area contributed by atoms with Crippen molar-refractivity contribution in [3.8, 4) is 11.4 Å². The van der Waals surface area contributed by atoms with Gasteiger partial charge in [-0.3, -0.25) is 9.69 Å². The molecule has 0 atom stereocenters. The molecular weight excluding hydrogens is 561 g/mol. The molecule has 0 amide bonds. The molecule has 43 heavy (non-hydrogen) atoms. The van der Waals surface area contributed by atoms with Crippen LogP contribution < -0.4 is 20.0 Å². The van der Waals surface area contributed by atoms with Crippen molar-refractivity contribution in [1.82, 2.24) is 9.47 Å². The van der Waals surface area contributed by atoms with Gasteiger partial charge in [-0.25, -0.2) is 18.0 Å². The number of halogens is 3. The number of carbonyl (C=O) groups is 1. The lowest BCUT2D eigenvalue weighted by atomic mass is 10.1. The molecule has 1 aliphatic heterocycles. The van der Waals surface area contributed by atoms with E-state index in [0.717, 1.165) is 37.3 Å². The van der Waals surface area contributed by atoms with E-state index in [1.807, 2.05) is 24.3 Å². The molecule has 1 aromatic heterocycles. The maximum atomic E-state index is 15.8. The number of piperazine rings is 1. The van der Waals surface area contributed by atoms with E-state index in [-0.39, 0.29) is 41.1 Å². The van der Waals surface area contributed by atoms with E-state index in [1.54, 1.807) is 14.4 Å². The SMILES string of the molecule is CCN(CC)Cc1ccc(-n2cc(C(=O)O)c(=O)c3cc(F)c(N4CCN(c5ccc(F)cc5F)CC4)c(OC)c32)cc1. The average molecular weight is 595 g/mol. The van der Waals surface area contributed by atoms with Crippen LogP contribution in [0.25, 0.3) is 16.6 Å². The molecule has 3 aromatic carbocycles. The normalized spacial score (nSPS) is 13.7. The highest BCUT2D eigenvalue weighted by Gasteiger charge is 2.29. The number of fused-ring (bicyclic) bond motifs is 1. The number of benzene rings is 3. The third kappa shape index (κ3) is 5.77. The maximum Gasteiger partial charge on any atom is 0.341 e.